The van der Waals surface area contributed by atoms with Gasteiger partial charge in [-0.3, -0.25) is 10.1 Å². The van der Waals surface area contributed by atoms with E-state index >= 15 is 0 Å². The highest BCUT2D eigenvalue weighted by atomic mass is 16.6. The quantitative estimate of drug-likeness (QED) is 0.460. The lowest BCUT2D eigenvalue weighted by Crippen LogP contribution is -1.92. The SMILES string of the molecule is O=[N+]([O-])c1ccccc1OC#Cc1ccccc1. The van der Waals surface area contributed by atoms with Crippen molar-refractivity contribution in [3.63, 3.8) is 0 Å². The molecule has 4 nitrogen and oxygen atoms in total. The molecule has 0 bridgehead atoms. The molecule has 0 aliphatic heterocycles. The largest absolute Gasteiger partial charge is 0.400 e. The lowest BCUT2D eigenvalue weighted by Gasteiger charge is -1.97. The van der Waals surface area contributed by atoms with E-state index in [2.05, 4.69) is 12.0 Å². The molecule has 18 heavy (non-hydrogen) atoms. The van der Waals surface area contributed by atoms with E-state index in [1.165, 1.54) is 12.1 Å². The van der Waals surface area contributed by atoms with Gasteiger partial charge in [-0.25, -0.2) is 0 Å². The Bertz CT molecular complexity index is 612. The van der Waals surface area contributed by atoms with E-state index in [1.54, 1.807) is 12.1 Å². The van der Waals surface area contributed by atoms with Gasteiger partial charge in [0.25, 0.3) is 0 Å². The van der Waals surface area contributed by atoms with Gasteiger partial charge in [0, 0.05) is 11.6 Å². The van der Waals surface area contributed by atoms with E-state index in [0.29, 0.717) is 0 Å². The van der Waals surface area contributed by atoms with E-state index in [1.807, 2.05) is 30.3 Å². The number of hydrogen-bond acceptors (Lipinski definition) is 3. The highest BCUT2D eigenvalue weighted by Crippen LogP contribution is 2.25. The van der Waals surface area contributed by atoms with Crippen molar-refractivity contribution in [1.29, 1.82) is 0 Å². The van der Waals surface area contributed by atoms with Gasteiger partial charge in [-0.05, 0) is 24.1 Å². The number of hydrogen-bond donors (Lipinski definition) is 0. The summed E-state index contributed by atoms with van der Waals surface area (Å²) in [6.45, 7) is 0. The fourth-order valence-electron chi connectivity index (χ4n) is 1.36. The van der Waals surface area contributed by atoms with Crippen molar-refractivity contribution in [2.24, 2.45) is 0 Å². The van der Waals surface area contributed by atoms with E-state index in [9.17, 15) is 10.1 Å². The summed E-state index contributed by atoms with van der Waals surface area (Å²) in [5, 5.41) is 10.7. The first kappa shape index (κ1) is 11.7. The van der Waals surface area contributed by atoms with Crippen LogP contribution in [0.3, 0.4) is 0 Å². The van der Waals surface area contributed by atoms with E-state index in [0.717, 1.165) is 5.56 Å². The summed E-state index contributed by atoms with van der Waals surface area (Å²) >= 11 is 0. The molecule has 0 spiro atoms. The second kappa shape index (κ2) is 5.51. The first-order valence-electron chi connectivity index (χ1n) is 5.24. The molecule has 0 fully saturated rings. The average molecular weight is 239 g/mol. The Morgan fingerprint density at radius 3 is 2.39 bits per heavy atom. The molecule has 4 heteroatoms. The van der Waals surface area contributed by atoms with E-state index < -0.39 is 4.92 Å². The molecule has 2 rings (SSSR count). The third kappa shape index (κ3) is 2.86. The molecule has 0 radical (unpaired) electrons. The second-order valence-corrected chi connectivity index (χ2v) is 3.42. The van der Waals surface area contributed by atoms with Gasteiger partial charge in [-0.15, -0.1) is 0 Å². The van der Waals surface area contributed by atoms with Crippen molar-refractivity contribution in [3.05, 3.63) is 70.3 Å². The van der Waals surface area contributed by atoms with Crippen LogP contribution < -0.4 is 4.74 Å². The molecule has 0 amide bonds. The monoisotopic (exact) mass is 239 g/mol. The molecule has 0 saturated heterocycles. The van der Waals surface area contributed by atoms with Crippen LogP contribution in [0, 0.1) is 22.1 Å². The molecular weight excluding hydrogens is 230 g/mol. The predicted molar refractivity (Wildman–Crippen MR) is 67.0 cm³/mol. The van der Waals surface area contributed by atoms with Crippen LogP contribution >= 0.6 is 0 Å². The number of nitro benzene ring substituents is 1. The lowest BCUT2D eigenvalue weighted by molar-refractivity contribution is -0.385. The van der Waals surface area contributed by atoms with Crippen molar-refractivity contribution in [2.45, 2.75) is 0 Å². The number of nitrogens with zero attached hydrogens (tertiary/aromatic N) is 1. The maximum Gasteiger partial charge on any atom is 0.312 e. The Balaban J connectivity index is 2.17. The van der Waals surface area contributed by atoms with Crippen molar-refractivity contribution < 1.29 is 9.66 Å². The van der Waals surface area contributed by atoms with E-state index in [-0.39, 0.29) is 11.4 Å². The maximum atomic E-state index is 10.7. The minimum atomic E-state index is -0.500. The van der Waals surface area contributed by atoms with Gasteiger partial charge in [0.2, 0.25) is 5.75 Å². The van der Waals surface area contributed by atoms with Gasteiger partial charge in [0.05, 0.1) is 4.92 Å². The van der Waals surface area contributed by atoms with Crippen molar-refractivity contribution in [1.82, 2.24) is 0 Å². The van der Waals surface area contributed by atoms with Crippen LogP contribution in [0.5, 0.6) is 5.75 Å². The molecule has 2 aromatic carbocycles. The third-order valence-corrected chi connectivity index (χ3v) is 2.19. The first-order valence-corrected chi connectivity index (χ1v) is 5.24. The van der Waals surface area contributed by atoms with Crippen LogP contribution in [-0.4, -0.2) is 4.92 Å². The Morgan fingerprint density at radius 1 is 1.00 bits per heavy atom. The normalized spacial score (nSPS) is 9.11. The fraction of sp³-hybridized carbons (Fsp3) is 0. The molecule has 0 heterocycles. The Morgan fingerprint density at radius 2 is 1.67 bits per heavy atom. The van der Waals surface area contributed by atoms with Crippen LogP contribution in [0.15, 0.2) is 54.6 Å². The summed E-state index contributed by atoms with van der Waals surface area (Å²) in [5.74, 6) is 2.91. The van der Waals surface area contributed by atoms with Gasteiger partial charge in [-0.1, -0.05) is 30.3 Å². The van der Waals surface area contributed by atoms with Gasteiger partial charge in [0.1, 0.15) is 6.11 Å². The van der Waals surface area contributed by atoms with Gasteiger partial charge in [0.15, 0.2) is 0 Å². The van der Waals surface area contributed by atoms with Gasteiger partial charge < -0.3 is 4.74 Å². The van der Waals surface area contributed by atoms with Crippen molar-refractivity contribution in [2.75, 3.05) is 0 Å². The molecule has 0 unspecified atom stereocenters. The molecule has 0 aromatic heterocycles. The molecule has 0 atom stereocenters. The number of benzene rings is 2. The van der Waals surface area contributed by atoms with Crippen LogP contribution in [0.2, 0.25) is 0 Å². The molecule has 0 aliphatic carbocycles. The Hall–Kier alpha value is -2.80. The minimum Gasteiger partial charge on any atom is -0.400 e. The van der Waals surface area contributed by atoms with Gasteiger partial charge in [-0.2, -0.15) is 0 Å². The summed E-state index contributed by atoms with van der Waals surface area (Å²) in [4.78, 5) is 10.2. The highest BCUT2D eigenvalue weighted by molar-refractivity contribution is 5.46. The zero-order valence-corrected chi connectivity index (χ0v) is 9.37. The Labute approximate surface area is 104 Å². The number of para-hydroxylation sites is 2. The summed E-state index contributed by atoms with van der Waals surface area (Å²) < 4.78 is 5.10. The van der Waals surface area contributed by atoms with Crippen molar-refractivity contribution >= 4 is 5.69 Å². The summed E-state index contributed by atoms with van der Waals surface area (Å²) in [5.41, 5.74) is 0.691. The first-order chi connectivity index (χ1) is 8.77. The number of ether oxygens (including phenoxy) is 1. The third-order valence-electron chi connectivity index (χ3n) is 2.19. The summed E-state index contributed by atoms with van der Waals surface area (Å²) in [6.07, 6.45) is 2.46. The highest BCUT2D eigenvalue weighted by Gasteiger charge is 2.12. The Kier molecular flexibility index (Phi) is 3.57. The maximum absolute atomic E-state index is 10.7. The lowest BCUT2D eigenvalue weighted by atomic mass is 10.2. The zero-order chi connectivity index (χ0) is 12.8. The molecule has 0 saturated carbocycles. The number of nitro groups is 1. The van der Waals surface area contributed by atoms with E-state index in [4.69, 9.17) is 4.74 Å². The van der Waals surface area contributed by atoms with Crippen molar-refractivity contribution in [3.8, 4) is 17.8 Å². The van der Waals surface area contributed by atoms with Crippen LogP contribution in [0.25, 0.3) is 0 Å². The predicted octanol–water partition coefficient (Wildman–Crippen LogP) is 2.98. The zero-order valence-electron chi connectivity index (χ0n) is 9.37. The smallest absolute Gasteiger partial charge is 0.312 e. The second-order valence-electron chi connectivity index (χ2n) is 3.42. The average Bonchev–Trinajstić information content (AvgIpc) is 2.40. The molecule has 0 aliphatic rings. The van der Waals surface area contributed by atoms with Crippen LogP contribution in [0.1, 0.15) is 5.56 Å². The molecule has 2 aromatic rings. The van der Waals surface area contributed by atoms with Gasteiger partial charge >= 0.3 is 5.69 Å². The fourth-order valence-corrected chi connectivity index (χ4v) is 1.36. The molecule has 0 N–H and O–H groups in total. The summed E-state index contributed by atoms with van der Waals surface area (Å²) in [7, 11) is 0. The number of rotatable bonds is 2. The molecular formula is C14H9NO3. The summed E-state index contributed by atoms with van der Waals surface area (Å²) in [6, 6.07) is 15.4. The molecule has 88 valence electrons. The van der Waals surface area contributed by atoms with Crippen LogP contribution in [-0.2, 0) is 0 Å². The van der Waals surface area contributed by atoms with Crippen LogP contribution in [0.4, 0.5) is 5.69 Å². The standard InChI is InChI=1S/C14H9NO3/c16-15(17)13-8-4-5-9-14(13)18-11-10-12-6-2-1-3-7-12/h1-9H. The minimum absolute atomic E-state index is 0.0974. The topological polar surface area (TPSA) is 52.4 Å².